The van der Waals surface area contributed by atoms with Gasteiger partial charge in [-0.15, -0.1) is 0 Å². The third-order valence-electron chi connectivity index (χ3n) is 3.77. The van der Waals surface area contributed by atoms with Crippen molar-refractivity contribution in [1.82, 2.24) is 0 Å². The van der Waals surface area contributed by atoms with Crippen molar-refractivity contribution in [2.75, 3.05) is 12.4 Å². The zero-order valence-corrected chi connectivity index (χ0v) is 14.9. The average molecular weight is 339 g/mol. The van der Waals surface area contributed by atoms with E-state index in [-0.39, 0.29) is 17.8 Å². The standard InChI is InChI=1S/C14H29NO6S/c1-6-11(8-10(3)13(16)20-7-2)12(21-15)14(4,5)9-22(17,18)19/h10-12H,6-9,15H2,1-5H3,(H,17,18,19). The predicted molar refractivity (Wildman–Crippen MR) is 83.5 cm³/mol. The first-order valence-electron chi connectivity index (χ1n) is 7.45. The maximum absolute atomic E-state index is 11.8. The molecular formula is C14H29NO6S. The van der Waals surface area contributed by atoms with Gasteiger partial charge in [-0.25, -0.2) is 5.90 Å². The van der Waals surface area contributed by atoms with Gasteiger partial charge in [0.2, 0.25) is 0 Å². The van der Waals surface area contributed by atoms with Crippen LogP contribution in [0, 0.1) is 17.3 Å². The lowest BCUT2D eigenvalue weighted by atomic mass is 9.76. The Morgan fingerprint density at radius 2 is 1.86 bits per heavy atom. The second-order valence-electron chi connectivity index (χ2n) is 6.33. The fraction of sp³-hybridized carbons (Fsp3) is 0.929. The highest BCUT2D eigenvalue weighted by atomic mass is 32.2. The zero-order chi connectivity index (χ0) is 17.6. The number of carbonyl (C=O) groups is 1. The number of nitrogens with two attached hydrogens (primary N) is 1. The Morgan fingerprint density at radius 1 is 1.32 bits per heavy atom. The normalized spacial score (nSPS) is 16.9. The Bertz CT molecular complexity index is 448. The molecule has 0 aromatic carbocycles. The van der Waals surface area contributed by atoms with Crippen LogP contribution in [-0.2, 0) is 24.5 Å². The molecule has 0 aromatic rings. The van der Waals surface area contributed by atoms with E-state index in [4.69, 9.17) is 20.0 Å². The van der Waals surface area contributed by atoms with Gasteiger partial charge in [0.15, 0.2) is 0 Å². The minimum absolute atomic E-state index is 0.138. The molecule has 3 atom stereocenters. The van der Waals surface area contributed by atoms with E-state index in [1.807, 2.05) is 6.92 Å². The third kappa shape index (κ3) is 7.04. The van der Waals surface area contributed by atoms with Gasteiger partial charge in [-0.1, -0.05) is 34.1 Å². The van der Waals surface area contributed by atoms with Crippen molar-refractivity contribution in [3.05, 3.63) is 0 Å². The number of hydrogen-bond acceptors (Lipinski definition) is 6. The van der Waals surface area contributed by atoms with Crippen LogP contribution in [0.4, 0.5) is 0 Å². The van der Waals surface area contributed by atoms with Crippen molar-refractivity contribution in [2.24, 2.45) is 23.1 Å². The van der Waals surface area contributed by atoms with E-state index in [2.05, 4.69) is 0 Å². The van der Waals surface area contributed by atoms with Gasteiger partial charge in [0, 0.05) is 5.41 Å². The van der Waals surface area contributed by atoms with Crippen LogP contribution in [-0.4, -0.2) is 37.4 Å². The molecule has 0 saturated carbocycles. The second kappa shape index (κ2) is 8.81. The lowest BCUT2D eigenvalue weighted by Gasteiger charge is -2.37. The van der Waals surface area contributed by atoms with E-state index in [1.165, 1.54) is 0 Å². The monoisotopic (exact) mass is 339 g/mol. The summed E-state index contributed by atoms with van der Waals surface area (Å²) in [5.41, 5.74) is -0.891. The minimum atomic E-state index is -4.16. The Morgan fingerprint density at radius 3 is 2.23 bits per heavy atom. The van der Waals surface area contributed by atoms with E-state index in [0.29, 0.717) is 19.4 Å². The van der Waals surface area contributed by atoms with Crippen LogP contribution in [0.3, 0.4) is 0 Å². The van der Waals surface area contributed by atoms with Gasteiger partial charge in [-0.05, 0) is 19.3 Å². The van der Waals surface area contributed by atoms with E-state index in [9.17, 15) is 13.2 Å². The second-order valence-corrected chi connectivity index (χ2v) is 7.78. The highest BCUT2D eigenvalue weighted by Crippen LogP contribution is 2.34. The van der Waals surface area contributed by atoms with Gasteiger partial charge in [-0.2, -0.15) is 8.42 Å². The molecule has 3 N–H and O–H groups in total. The molecule has 0 saturated heterocycles. The molecule has 0 fully saturated rings. The smallest absolute Gasteiger partial charge is 0.308 e. The Kier molecular flexibility index (Phi) is 8.53. The average Bonchev–Trinajstić information content (AvgIpc) is 2.35. The molecule has 8 heteroatoms. The Labute approximate surface area is 133 Å². The number of carbonyl (C=O) groups excluding carboxylic acids is 1. The summed E-state index contributed by atoms with van der Waals surface area (Å²) in [6.07, 6.45) is 0.503. The summed E-state index contributed by atoms with van der Waals surface area (Å²) in [5, 5.41) is 0. The molecule has 22 heavy (non-hydrogen) atoms. The molecule has 7 nitrogen and oxygen atoms in total. The summed E-state index contributed by atoms with van der Waals surface area (Å²) in [6.45, 7) is 9.04. The minimum Gasteiger partial charge on any atom is -0.466 e. The van der Waals surface area contributed by atoms with Crippen LogP contribution >= 0.6 is 0 Å². The molecule has 0 spiro atoms. The molecule has 0 aliphatic rings. The van der Waals surface area contributed by atoms with Crippen LogP contribution in [0.2, 0.25) is 0 Å². The van der Waals surface area contributed by atoms with Gasteiger partial charge in [-0.3, -0.25) is 9.35 Å². The van der Waals surface area contributed by atoms with E-state index in [0.717, 1.165) is 0 Å². The van der Waals surface area contributed by atoms with Gasteiger partial charge in [0.05, 0.1) is 24.4 Å². The fourth-order valence-electron chi connectivity index (χ4n) is 2.82. The maximum atomic E-state index is 11.8. The summed E-state index contributed by atoms with van der Waals surface area (Å²) >= 11 is 0. The molecule has 0 amide bonds. The van der Waals surface area contributed by atoms with Crippen LogP contribution in [0.15, 0.2) is 0 Å². The first-order valence-corrected chi connectivity index (χ1v) is 9.06. The van der Waals surface area contributed by atoms with Crippen LogP contribution in [0.25, 0.3) is 0 Å². The highest BCUT2D eigenvalue weighted by molar-refractivity contribution is 7.85. The molecule has 0 aliphatic heterocycles. The van der Waals surface area contributed by atoms with Crippen molar-refractivity contribution in [1.29, 1.82) is 0 Å². The first-order chi connectivity index (χ1) is 9.98. The number of rotatable bonds is 10. The first kappa shape index (κ1) is 21.3. The largest absolute Gasteiger partial charge is 0.466 e. The SMILES string of the molecule is CCOC(=O)C(C)CC(CC)C(ON)C(C)(C)CS(=O)(=O)O. The molecule has 0 bridgehead atoms. The topological polar surface area (TPSA) is 116 Å². The number of esters is 1. The van der Waals surface area contributed by atoms with Crippen molar-refractivity contribution in [2.45, 2.75) is 53.6 Å². The van der Waals surface area contributed by atoms with Crippen molar-refractivity contribution in [3.63, 3.8) is 0 Å². The molecule has 3 unspecified atom stereocenters. The van der Waals surface area contributed by atoms with Crippen LogP contribution < -0.4 is 5.90 Å². The molecule has 0 aliphatic carbocycles. The maximum Gasteiger partial charge on any atom is 0.308 e. The predicted octanol–water partition coefficient (Wildman–Crippen LogP) is 1.77. The summed E-state index contributed by atoms with van der Waals surface area (Å²) < 4.78 is 36.4. The lowest BCUT2D eigenvalue weighted by Crippen LogP contribution is -2.45. The van der Waals surface area contributed by atoms with Crippen molar-refractivity contribution >= 4 is 16.1 Å². The summed E-state index contributed by atoms with van der Waals surface area (Å²) in [4.78, 5) is 16.8. The molecule has 0 rings (SSSR count). The highest BCUT2D eigenvalue weighted by Gasteiger charge is 2.40. The Hall–Kier alpha value is -0.700. The summed E-state index contributed by atoms with van der Waals surface area (Å²) in [5.74, 6) is 4.12. The van der Waals surface area contributed by atoms with Gasteiger partial charge >= 0.3 is 5.97 Å². The third-order valence-corrected chi connectivity index (χ3v) is 4.88. The van der Waals surface area contributed by atoms with Gasteiger partial charge < -0.3 is 9.57 Å². The van der Waals surface area contributed by atoms with Crippen molar-refractivity contribution in [3.8, 4) is 0 Å². The fourth-order valence-corrected chi connectivity index (χ4v) is 3.93. The molecule has 132 valence electrons. The zero-order valence-electron chi connectivity index (χ0n) is 14.0. The van der Waals surface area contributed by atoms with E-state index < -0.39 is 27.4 Å². The molecule has 0 aromatic heterocycles. The molecule has 0 radical (unpaired) electrons. The number of hydrogen-bond donors (Lipinski definition) is 2. The quantitative estimate of drug-likeness (QED) is 0.354. The van der Waals surface area contributed by atoms with E-state index >= 15 is 0 Å². The number of ether oxygens (including phenoxy) is 1. The lowest BCUT2D eigenvalue weighted by molar-refractivity contribution is -0.149. The van der Waals surface area contributed by atoms with Crippen molar-refractivity contribution < 1.29 is 27.3 Å². The molecular weight excluding hydrogens is 310 g/mol. The van der Waals surface area contributed by atoms with Crippen LogP contribution in [0.1, 0.15) is 47.5 Å². The molecule has 0 heterocycles. The summed E-state index contributed by atoms with van der Waals surface area (Å²) in [6, 6.07) is 0. The Balaban J connectivity index is 5.11. The van der Waals surface area contributed by atoms with Gasteiger partial charge in [0.25, 0.3) is 10.1 Å². The summed E-state index contributed by atoms with van der Waals surface area (Å²) in [7, 11) is -4.16. The van der Waals surface area contributed by atoms with Gasteiger partial charge in [0.1, 0.15) is 0 Å². The van der Waals surface area contributed by atoms with E-state index in [1.54, 1.807) is 27.7 Å². The van der Waals surface area contributed by atoms with Crippen LogP contribution in [0.5, 0.6) is 0 Å².